The molecule has 1 aromatic carbocycles. The van der Waals surface area contributed by atoms with Crippen LogP contribution in [0.15, 0.2) is 53.3 Å². The quantitative estimate of drug-likeness (QED) is 0.651. The largest absolute Gasteiger partial charge is 0.487 e. The highest BCUT2D eigenvalue weighted by Gasteiger charge is 2.06. The molecule has 0 unspecified atom stereocenters. The second-order valence-electron chi connectivity index (χ2n) is 4.37. The molecule has 0 radical (unpaired) electrons. The first-order valence-electron chi connectivity index (χ1n) is 6.16. The second-order valence-corrected chi connectivity index (χ2v) is 5.56. The first-order valence-corrected chi connectivity index (χ1v) is 7.49. The molecule has 5 heteroatoms. The van der Waals surface area contributed by atoms with Crippen LogP contribution in [0, 0.1) is 0 Å². The van der Waals surface area contributed by atoms with Crippen LogP contribution in [0.4, 0.5) is 0 Å². The Labute approximate surface area is 130 Å². The summed E-state index contributed by atoms with van der Waals surface area (Å²) in [7, 11) is 0. The van der Waals surface area contributed by atoms with Gasteiger partial charge in [-0.2, -0.15) is 0 Å². The summed E-state index contributed by atoms with van der Waals surface area (Å²) in [5, 5.41) is 0. The van der Waals surface area contributed by atoms with Crippen molar-refractivity contribution in [3.05, 3.63) is 64.5 Å². The maximum Gasteiger partial charge on any atom is 0.137 e. The van der Waals surface area contributed by atoms with E-state index in [1.807, 2.05) is 53.2 Å². The molecule has 0 N–H and O–H groups in total. The number of aromatic nitrogens is 2. The molecular weight excluding hydrogens is 340 g/mol. The topological polar surface area (TPSA) is 26.5 Å². The third-order valence-corrected chi connectivity index (χ3v) is 3.74. The summed E-state index contributed by atoms with van der Waals surface area (Å²) in [6, 6.07) is 11.7. The molecule has 0 aliphatic heterocycles. The molecule has 0 amide bonds. The van der Waals surface area contributed by atoms with Crippen LogP contribution < -0.4 is 4.74 Å². The first kappa shape index (κ1) is 13.5. The average molecular weight is 352 g/mol. The predicted octanol–water partition coefficient (Wildman–Crippen LogP) is 4.41. The van der Waals surface area contributed by atoms with E-state index in [0.29, 0.717) is 12.5 Å². The molecule has 0 aliphatic rings. The van der Waals surface area contributed by atoms with Gasteiger partial charge in [-0.1, -0.05) is 22.0 Å². The Kier molecular flexibility index (Phi) is 3.94. The van der Waals surface area contributed by atoms with Gasteiger partial charge in [-0.15, -0.1) is 11.6 Å². The summed E-state index contributed by atoms with van der Waals surface area (Å²) in [5.74, 6) is 1.21. The van der Waals surface area contributed by atoms with Crippen molar-refractivity contribution in [3.63, 3.8) is 0 Å². The minimum absolute atomic E-state index is 0.417. The number of nitrogens with zero attached hydrogens (tertiary/aromatic N) is 2. The zero-order valence-corrected chi connectivity index (χ0v) is 12.9. The van der Waals surface area contributed by atoms with Gasteiger partial charge in [0.2, 0.25) is 0 Å². The zero-order chi connectivity index (χ0) is 13.9. The second kappa shape index (κ2) is 5.85. The highest BCUT2D eigenvalue weighted by atomic mass is 79.9. The summed E-state index contributed by atoms with van der Waals surface area (Å²) in [6.07, 6.45) is 3.93. The van der Waals surface area contributed by atoms with Crippen molar-refractivity contribution in [1.82, 2.24) is 9.38 Å². The van der Waals surface area contributed by atoms with Crippen LogP contribution in [-0.4, -0.2) is 9.38 Å². The van der Waals surface area contributed by atoms with Gasteiger partial charge < -0.3 is 9.14 Å². The molecule has 20 heavy (non-hydrogen) atoms. The van der Waals surface area contributed by atoms with Crippen molar-refractivity contribution in [2.24, 2.45) is 0 Å². The third-order valence-electron chi connectivity index (χ3n) is 2.96. The lowest BCUT2D eigenvalue weighted by Gasteiger charge is -2.09. The maximum absolute atomic E-state index is 5.93. The number of hydrogen-bond donors (Lipinski definition) is 0. The van der Waals surface area contributed by atoms with E-state index in [-0.39, 0.29) is 0 Å². The smallest absolute Gasteiger partial charge is 0.137 e. The van der Waals surface area contributed by atoms with Crippen LogP contribution in [0.25, 0.3) is 5.65 Å². The van der Waals surface area contributed by atoms with E-state index in [9.17, 15) is 0 Å². The Morgan fingerprint density at radius 2 is 2.15 bits per heavy atom. The van der Waals surface area contributed by atoms with Crippen LogP contribution >= 0.6 is 27.5 Å². The lowest BCUT2D eigenvalue weighted by atomic mass is 10.2. The van der Waals surface area contributed by atoms with Gasteiger partial charge in [0.15, 0.2) is 0 Å². The Morgan fingerprint density at radius 1 is 1.25 bits per heavy atom. The summed E-state index contributed by atoms with van der Waals surface area (Å²) in [6.45, 7) is 0.424. The molecule has 2 heterocycles. The lowest BCUT2D eigenvalue weighted by Crippen LogP contribution is -1.98. The van der Waals surface area contributed by atoms with Gasteiger partial charge in [-0.05, 0) is 30.3 Å². The van der Waals surface area contributed by atoms with Crippen LogP contribution in [0.2, 0.25) is 0 Å². The fourth-order valence-electron chi connectivity index (χ4n) is 2.00. The van der Waals surface area contributed by atoms with Crippen molar-refractivity contribution in [2.75, 3.05) is 0 Å². The van der Waals surface area contributed by atoms with Crippen LogP contribution in [0.3, 0.4) is 0 Å². The number of alkyl halides is 1. The Balaban J connectivity index is 1.79. The minimum atomic E-state index is 0.417. The Hall–Kier alpha value is -1.52. The highest BCUT2D eigenvalue weighted by molar-refractivity contribution is 9.10. The molecule has 0 saturated carbocycles. The maximum atomic E-state index is 5.93. The van der Waals surface area contributed by atoms with Crippen LogP contribution in [0.1, 0.15) is 11.3 Å². The van der Waals surface area contributed by atoms with Crippen LogP contribution in [-0.2, 0) is 12.5 Å². The number of pyridine rings is 1. The predicted molar refractivity (Wildman–Crippen MR) is 83.2 cm³/mol. The van der Waals surface area contributed by atoms with Crippen molar-refractivity contribution < 1.29 is 4.74 Å². The molecule has 2 aromatic heterocycles. The number of imidazole rings is 1. The standard InChI is InChI=1S/C15H12BrClN2O/c16-12-4-5-14(11(7-12)8-17)20-10-13-9-19-6-2-1-3-15(19)18-13/h1-7,9H,8,10H2. The van der Waals surface area contributed by atoms with E-state index < -0.39 is 0 Å². The van der Waals surface area contributed by atoms with Gasteiger partial charge in [-0.3, -0.25) is 0 Å². The van der Waals surface area contributed by atoms with Gasteiger partial charge in [0.1, 0.15) is 18.0 Å². The first-order chi connectivity index (χ1) is 9.76. The van der Waals surface area contributed by atoms with Crippen LogP contribution in [0.5, 0.6) is 5.75 Å². The molecule has 0 bridgehead atoms. The molecule has 3 rings (SSSR count). The van der Waals surface area contributed by atoms with Crippen molar-refractivity contribution in [1.29, 1.82) is 0 Å². The van der Waals surface area contributed by atoms with Crippen molar-refractivity contribution in [3.8, 4) is 5.75 Å². The van der Waals surface area contributed by atoms with E-state index in [1.165, 1.54) is 0 Å². The summed E-state index contributed by atoms with van der Waals surface area (Å²) in [4.78, 5) is 4.50. The SMILES string of the molecule is ClCc1cc(Br)ccc1OCc1cn2ccccc2n1. The summed E-state index contributed by atoms with van der Waals surface area (Å²) in [5.41, 5.74) is 2.77. The minimum Gasteiger partial charge on any atom is -0.487 e. The molecule has 0 fully saturated rings. The van der Waals surface area contributed by atoms with Gasteiger partial charge >= 0.3 is 0 Å². The van der Waals surface area contributed by atoms with Crippen molar-refractivity contribution in [2.45, 2.75) is 12.5 Å². The highest BCUT2D eigenvalue weighted by Crippen LogP contribution is 2.25. The zero-order valence-electron chi connectivity index (χ0n) is 10.6. The molecular formula is C15H12BrClN2O. The van der Waals surface area contributed by atoms with Gasteiger partial charge in [-0.25, -0.2) is 4.98 Å². The fraction of sp³-hybridized carbons (Fsp3) is 0.133. The van der Waals surface area contributed by atoms with E-state index in [4.69, 9.17) is 16.3 Å². The number of halogens is 2. The number of benzene rings is 1. The normalized spacial score (nSPS) is 10.9. The molecule has 0 atom stereocenters. The van der Waals surface area contributed by atoms with Gasteiger partial charge in [0.05, 0.1) is 11.6 Å². The Bertz CT molecular complexity index is 709. The number of hydrogen-bond acceptors (Lipinski definition) is 2. The van der Waals surface area contributed by atoms with Gasteiger partial charge in [0, 0.05) is 22.4 Å². The Morgan fingerprint density at radius 3 is 2.95 bits per heavy atom. The van der Waals surface area contributed by atoms with E-state index in [2.05, 4.69) is 20.9 Å². The molecule has 0 saturated heterocycles. The average Bonchev–Trinajstić information content (AvgIpc) is 2.88. The molecule has 0 spiro atoms. The molecule has 102 valence electrons. The lowest BCUT2D eigenvalue weighted by molar-refractivity contribution is 0.299. The van der Waals surface area contributed by atoms with Gasteiger partial charge in [0.25, 0.3) is 0 Å². The summed E-state index contributed by atoms with van der Waals surface area (Å²) >= 11 is 9.36. The van der Waals surface area contributed by atoms with E-state index >= 15 is 0 Å². The molecule has 0 aliphatic carbocycles. The van der Waals surface area contributed by atoms with Crippen molar-refractivity contribution >= 4 is 33.2 Å². The fourth-order valence-corrected chi connectivity index (χ4v) is 2.62. The third kappa shape index (κ3) is 2.81. The number of fused-ring (bicyclic) bond motifs is 1. The number of ether oxygens (including phenoxy) is 1. The monoisotopic (exact) mass is 350 g/mol. The van der Waals surface area contributed by atoms with E-state index in [0.717, 1.165) is 27.1 Å². The summed E-state index contributed by atoms with van der Waals surface area (Å²) < 4.78 is 8.79. The van der Waals surface area contributed by atoms with E-state index in [1.54, 1.807) is 0 Å². The number of rotatable bonds is 4. The molecule has 3 aromatic rings. The molecule has 3 nitrogen and oxygen atoms in total.